The summed E-state index contributed by atoms with van der Waals surface area (Å²) >= 11 is 0. The van der Waals surface area contributed by atoms with Gasteiger partial charge in [0.15, 0.2) is 0 Å². The Morgan fingerprint density at radius 2 is 2.12 bits per heavy atom. The normalized spacial score (nSPS) is 19.2. The van der Waals surface area contributed by atoms with Crippen LogP contribution in [-0.4, -0.2) is 49.6 Å². The molecule has 0 spiro atoms. The first kappa shape index (κ1) is 18.5. The first-order chi connectivity index (χ1) is 12.2. The average Bonchev–Trinajstić information content (AvgIpc) is 3.26. The topological polar surface area (TPSA) is 56.0 Å². The molecule has 3 heterocycles. The Bertz CT molecular complexity index is 781. The highest BCUT2D eigenvalue weighted by Crippen LogP contribution is 2.30. The Hall–Kier alpha value is -2.32. The van der Waals surface area contributed by atoms with E-state index >= 15 is 0 Å². The van der Waals surface area contributed by atoms with Gasteiger partial charge in [-0.15, -0.1) is 0 Å². The number of hydrogen-bond donors (Lipinski definition) is 0. The molecule has 6 nitrogen and oxygen atoms in total. The van der Waals surface area contributed by atoms with Crippen LogP contribution in [-0.2, 0) is 11.3 Å². The van der Waals surface area contributed by atoms with Crippen LogP contribution < -0.4 is 0 Å². The number of likely N-dealkylation sites (tertiary alicyclic amines) is 1. The molecule has 26 heavy (non-hydrogen) atoms. The van der Waals surface area contributed by atoms with Crippen molar-refractivity contribution in [2.45, 2.75) is 51.9 Å². The molecule has 2 atom stereocenters. The van der Waals surface area contributed by atoms with Gasteiger partial charge in [0.25, 0.3) is 0 Å². The van der Waals surface area contributed by atoms with E-state index in [2.05, 4.69) is 10.2 Å². The van der Waals surface area contributed by atoms with Crippen molar-refractivity contribution in [2.75, 3.05) is 13.1 Å². The summed E-state index contributed by atoms with van der Waals surface area (Å²) in [4.78, 5) is 14.7. The van der Waals surface area contributed by atoms with Gasteiger partial charge in [-0.05, 0) is 33.3 Å². The number of hydrogen-bond acceptors (Lipinski definition) is 3. The Labute approximate surface area is 149 Å². The fourth-order valence-electron chi connectivity index (χ4n) is 3.71. The number of rotatable bonds is 4. The van der Waals surface area contributed by atoms with Gasteiger partial charge < -0.3 is 4.90 Å². The zero-order valence-corrected chi connectivity index (χ0v) is 15.0. The second kappa shape index (κ2) is 6.77. The van der Waals surface area contributed by atoms with E-state index in [1.165, 1.54) is 0 Å². The number of amides is 1. The standard InChI is InChI=1S/C17H22F3N5O/c1-11(15-12(2)22-25(13(15)3)10-17(18,19)20)16(26)23-8-5-14(9-23)24-7-4-6-21-24/h4,6-7,11,14H,5,8-10H2,1-3H3. The van der Waals surface area contributed by atoms with Crippen LogP contribution in [0.3, 0.4) is 0 Å². The van der Waals surface area contributed by atoms with Gasteiger partial charge in [-0.2, -0.15) is 23.4 Å². The van der Waals surface area contributed by atoms with Crippen molar-refractivity contribution in [3.63, 3.8) is 0 Å². The fraction of sp³-hybridized carbons (Fsp3) is 0.588. The average molecular weight is 369 g/mol. The molecule has 2 unspecified atom stereocenters. The van der Waals surface area contributed by atoms with Crippen LogP contribution >= 0.6 is 0 Å². The summed E-state index contributed by atoms with van der Waals surface area (Å²) < 4.78 is 40.9. The maximum absolute atomic E-state index is 12.9. The van der Waals surface area contributed by atoms with Crippen molar-refractivity contribution >= 4 is 5.91 Å². The number of carbonyl (C=O) groups is 1. The largest absolute Gasteiger partial charge is 0.408 e. The van der Waals surface area contributed by atoms with E-state index in [1.54, 1.807) is 31.9 Å². The second-order valence-electron chi connectivity index (χ2n) is 6.79. The molecular weight excluding hydrogens is 347 g/mol. The molecule has 142 valence electrons. The van der Waals surface area contributed by atoms with Crippen molar-refractivity contribution in [3.8, 4) is 0 Å². The minimum Gasteiger partial charge on any atom is -0.340 e. The van der Waals surface area contributed by atoms with Gasteiger partial charge in [0.2, 0.25) is 5.91 Å². The third-order valence-electron chi connectivity index (χ3n) is 4.94. The SMILES string of the molecule is Cc1nn(CC(F)(F)F)c(C)c1C(C)C(=O)N1CCC(n2cccn2)C1. The molecule has 2 aromatic heterocycles. The van der Waals surface area contributed by atoms with Crippen molar-refractivity contribution in [3.05, 3.63) is 35.4 Å². The molecule has 9 heteroatoms. The van der Waals surface area contributed by atoms with Crippen LogP contribution in [0.15, 0.2) is 18.5 Å². The molecule has 0 saturated carbocycles. The van der Waals surface area contributed by atoms with Gasteiger partial charge in [-0.25, -0.2) is 0 Å². The first-order valence-electron chi connectivity index (χ1n) is 8.56. The summed E-state index contributed by atoms with van der Waals surface area (Å²) in [5, 5.41) is 8.21. The van der Waals surface area contributed by atoms with Gasteiger partial charge in [-0.3, -0.25) is 14.2 Å². The smallest absolute Gasteiger partial charge is 0.340 e. The predicted octanol–water partition coefficient (Wildman–Crippen LogP) is 2.84. The number of aromatic nitrogens is 4. The predicted molar refractivity (Wildman–Crippen MR) is 88.6 cm³/mol. The Balaban J connectivity index is 1.75. The second-order valence-corrected chi connectivity index (χ2v) is 6.79. The monoisotopic (exact) mass is 369 g/mol. The molecule has 3 rings (SSSR count). The number of aryl methyl sites for hydroxylation is 1. The number of halogens is 3. The first-order valence-corrected chi connectivity index (χ1v) is 8.56. The zero-order valence-electron chi connectivity index (χ0n) is 15.0. The number of nitrogens with zero attached hydrogens (tertiary/aromatic N) is 5. The molecule has 1 saturated heterocycles. The van der Waals surface area contributed by atoms with Gasteiger partial charge in [-0.1, -0.05) is 0 Å². The quantitative estimate of drug-likeness (QED) is 0.833. The van der Waals surface area contributed by atoms with Crippen molar-refractivity contribution in [2.24, 2.45) is 0 Å². The van der Waals surface area contributed by atoms with Gasteiger partial charge in [0.05, 0.1) is 17.7 Å². The maximum Gasteiger partial charge on any atom is 0.408 e. The molecular formula is C17H22F3N5O. The lowest BCUT2D eigenvalue weighted by Gasteiger charge is -2.21. The molecule has 1 aliphatic rings. The third kappa shape index (κ3) is 3.61. The molecule has 0 N–H and O–H groups in total. The van der Waals surface area contributed by atoms with E-state index < -0.39 is 18.6 Å². The van der Waals surface area contributed by atoms with Crippen molar-refractivity contribution in [1.29, 1.82) is 0 Å². The molecule has 0 radical (unpaired) electrons. The summed E-state index contributed by atoms with van der Waals surface area (Å²) in [6.07, 6.45) is 0.0392. The van der Waals surface area contributed by atoms with Crippen LogP contribution in [0.1, 0.15) is 42.3 Å². The highest BCUT2D eigenvalue weighted by molar-refractivity contribution is 5.84. The minimum atomic E-state index is -4.35. The zero-order chi connectivity index (χ0) is 19.1. The number of alkyl halides is 3. The van der Waals surface area contributed by atoms with E-state index in [4.69, 9.17) is 0 Å². The fourth-order valence-corrected chi connectivity index (χ4v) is 3.71. The van der Waals surface area contributed by atoms with Gasteiger partial charge >= 0.3 is 6.18 Å². The summed E-state index contributed by atoms with van der Waals surface area (Å²) in [6.45, 7) is 4.99. The Morgan fingerprint density at radius 1 is 1.38 bits per heavy atom. The molecule has 1 aliphatic heterocycles. The summed E-state index contributed by atoms with van der Waals surface area (Å²) in [7, 11) is 0. The molecule has 0 aromatic carbocycles. The Kier molecular flexibility index (Phi) is 4.81. The maximum atomic E-state index is 12.9. The van der Waals surface area contributed by atoms with E-state index in [9.17, 15) is 18.0 Å². The van der Waals surface area contributed by atoms with Crippen molar-refractivity contribution in [1.82, 2.24) is 24.5 Å². The van der Waals surface area contributed by atoms with E-state index in [-0.39, 0.29) is 11.9 Å². The van der Waals surface area contributed by atoms with Crippen LogP contribution in [0.2, 0.25) is 0 Å². The summed E-state index contributed by atoms with van der Waals surface area (Å²) in [5.74, 6) is -0.620. The van der Waals surface area contributed by atoms with Gasteiger partial charge in [0, 0.05) is 36.7 Å². The van der Waals surface area contributed by atoms with Crippen LogP contribution in [0.5, 0.6) is 0 Å². The highest BCUT2D eigenvalue weighted by Gasteiger charge is 2.34. The van der Waals surface area contributed by atoms with E-state index in [1.807, 2.05) is 16.9 Å². The van der Waals surface area contributed by atoms with E-state index in [0.29, 0.717) is 30.0 Å². The minimum absolute atomic E-state index is 0.0857. The van der Waals surface area contributed by atoms with Crippen LogP contribution in [0.4, 0.5) is 13.2 Å². The lowest BCUT2D eigenvalue weighted by atomic mass is 9.97. The molecule has 1 amide bonds. The lowest BCUT2D eigenvalue weighted by molar-refractivity contribution is -0.143. The molecule has 0 bridgehead atoms. The summed E-state index contributed by atoms with van der Waals surface area (Å²) in [6, 6.07) is 1.98. The lowest BCUT2D eigenvalue weighted by Crippen LogP contribution is -2.33. The van der Waals surface area contributed by atoms with Crippen molar-refractivity contribution < 1.29 is 18.0 Å². The molecule has 2 aromatic rings. The number of carbonyl (C=O) groups excluding carboxylic acids is 1. The molecule has 0 aliphatic carbocycles. The van der Waals surface area contributed by atoms with Gasteiger partial charge in [0.1, 0.15) is 6.54 Å². The van der Waals surface area contributed by atoms with E-state index in [0.717, 1.165) is 11.1 Å². The third-order valence-corrected chi connectivity index (χ3v) is 4.94. The summed E-state index contributed by atoms with van der Waals surface area (Å²) in [5.41, 5.74) is 1.45. The molecule has 1 fully saturated rings. The Morgan fingerprint density at radius 3 is 2.73 bits per heavy atom. The van der Waals surface area contributed by atoms with Crippen LogP contribution in [0, 0.1) is 13.8 Å². The highest BCUT2D eigenvalue weighted by atomic mass is 19.4. The van der Waals surface area contributed by atoms with Crippen LogP contribution in [0.25, 0.3) is 0 Å².